The van der Waals surface area contributed by atoms with E-state index in [1.807, 2.05) is 31.2 Å². The maximum absolute atomic E-state index is 12.6. The minimum Gasteiger partial charge on any atom is -0.478 e. The zero-order valence-electron chi connectivity index (χ0n) is 19.5. The summed E-state index contributed by atoms with van der Waals surface area (Å²) >= 11 is 0. The van der Waals surface area contributed by atoms with Crippen LogP contribution in [0.15, 0.2) is 72.8 Å². The number of alkyl carbamates (subject to hydrolysis) is 1. The molecule has 1 aliphatic carbocycles. The fourth-order valence-electron chi connectivity index (χ4n) is 4.55. The number of benzene rings is 3. The molecule has 1 aliphatic rings. The lowest BCUT2D eigenvalue weighted by Crippen LogP contribution is -2.38. The molecule has 0 unspecified atom stereocenters. The van der Waals surface area contributed by atoms with Gasteiger partial charge in [-0.3, -0.25) is 4.79 Å². The Balaban J connectivity index is 1.35. The highest BCUT2D eigenvalue weighted by Gasteiger charge is 2.29. The molecule has 0 fully saturated rings. The fraction of sp³-hybridized carbons (Fsp3) is 0.250. The normalized spacial score (nSPS) is 12.8. The summed E-state index contributed by atoms with van der Waals surface area (Å²) in [6.45, 7) is 2.17. The second-order valence-electron chi connectivity index (χ2n) is 8.59. The number of anilines is 1. The summed E-state index contributed by atoms with van der Waals surface area (Å²) in [5.41, 5.74) is 5.06. The largest absolute Gasteiger partial charge is 0.478 e. The number of ether oxygens (including phenoxy) is 1. The smallest absolute Gasteiger partial charge is 0.407 e. The molecular weight excluding hydrogens is 444 g/mol. The molecule has 7 nitrogen and oxygen atoms in total. The number of fused-ring (bicyclic) bond motifs is 3. The number of hydrogen-bond acceptors (Lipinski definition) is 4. The van der Waals surface area contributed by atoms with Crippen LogP contribution in [0.5, 0.6) is 0 Å². The number of rotatable bonds is 9. The lowest BCUT2D eigenvalue weighted by atomic mass is 9.98. The fourth-order valence-corrected chi connectivity index (χ4v) is 4.55. The van der Waals surface area contributed by atoms with Crippen LogP contribution in [0.3, 0.4) is 0 Å². The van der Waals surface area contributed by atoms with Crippen LogP contribution in [0.2, 0.25) is 0 Å². The van der Waals surface area contributed by atoms with Gasteiger partial charge in [0.15, 0.2) is 0 Å². The van der Waals surface area contributed by atoms with Crippen molar-refractivity contribution < 1.29 is 24.2 Å². The predicted octanol–water partition coefficient (Wildman–Crippen LogP) is 5.42. The molecule has 3 N–H and O–H groups in total. The molecule has 0 aromatic heterocycles. The Morgan fingerprint density at radius 2 is 1.60 bits per heavy atom. The van der Waals surface area contributed by atoms with E-state index >= 15 is 0 Å². The Kier molecular flexibility index (Phi) is 7.45. The summed E-state index contributed by atoms with van der Waals surface area (Å²) in [7, 11) is 0. The van der Waals surface area contributed by atoms with E-state index in [1.165, 1.54) is 12.1 Å². The summed E-state index contributed by atoms with van der Waals surface area (Å²) in [6, 6.07) is 21.9. The van der Waals surface area contributed by atoms with Crippen LogP contribution in [-0.2, 0) is 9.53 Å². The first-order chi connectivity index (χ1) is 17.0. The molecule has 180 valence electrons. The summed E-state index contributed by atoms with van der Waals surface area (Å²) in [6.07, 6.45) is 0.865. The van der Waals surface area contributed by atoms with Crippen molar-refractivity contribution in [1.29, 1.82) is 0 Å². The quantitative estimate of drug-likeness (QED) is 0.386. The number of hydrogen-bond donors (Lipinski definition) is 3. The van der Waals surface area contributed by atoms with Crippen LogP contribution in [0.25, 0.3) is 11.1 Å². The molecule has 0 saturated carbocycles. The molecule has 35 heavy (non-hydrogen) atoms. The van der Waals surface area contributed by atoms with E-state index in [0.29, 0.717) is 12.1 Å². The first-order valence-electron chi connectivity index (χ1n) is 11.7. The Bertz CT molecular complexity index is 1190. The van der Waals surface area contributed by atoms with Crippen molar-refractivity contribution in [3.05, 3.63) is 89.5 Å². The van der Waals surface area contributed by atoms with Crippen molar-refractivity contribution in [2.75, 3.05) is 11.9 Å². The van der Waals surface area contributed by atoms with E-state index in [-0.39, 0.29) is 30.4 Å². The SMILES string of the molecule is CCC[C@H](CC(=O)Nc1cccc(C(=O)O)c1)NC(=O)OCC1c2ccccc2-c2ccccc21. The summed E-state index contributed by atoms with van der Waals surface area (Å²) in [5.74, 6) is -1.42. The van der Waals surface area contributed by atoms with Crippen molar-refractivity contribution in [1.82, 2.24) is 5.32 Å². The van der Waals surface area contributed by atoms with Gasteiger partial charge >= 0.3 is 12.1 Å². The third-order valence-corrected chi connectivity index (χ3v) is 6.13. The highest BCUT2D eigenvalue weighted by atomic mass is 16.5. The van der Waals surface area contributed by atoms with Gasteiger partial charge in [0.25, 0.3) is 0 Å². The molecule has 3 aromatic carbocycles. The van der Waals surface area contributed by atoms with Crippen LogP contribution >= 0.6 is 0 Å². The third-order valence-electron chi connectivity index (χ3n) is 6.13. The van der Waals surface area contributed by atoms with Gasteiger partial charge in [0.05, 0.1) is 5.56 Å². The summed E-state index contributed by atoms with van der Waals surface area (Å²) in [4.78, 5) is 36.3. The van der Waals surface area contributed by atoms with E-state index in [2.05, 4.69) is 34.9 Å². The molecule has 0 aliphatic heterocycles. The maximum Gasteiger partial charge on any atom is 0.407 e. The molecule has 0 spiro atoms. The van der Waals surface area contributed by atoms with Crippen LogP contribution in [0.1, 0.15) is 53.6 Å². The van der Waals surface area contributed by atoms with Crippen molar-refractivity contribution in [3.63, 3.8) is 0 Å². The van der Waals surface area contributed by atoms with Gasteiger partial charge < -0.3 is 20.5 Å². The minimum atomic E-state index is -1.07. The van der Waals surface area contributed by atoms with E-state index < -0.39 is 18.1 Å². The Morgan fingerprint density at radius 1 is 0.943 bits per heavy atom. The van der Waals surface area contributed by atoms with E-state index in [4.69, 9.17) is 9.84 Å². The van der Waals surface area contributed by atoms with Crippen LogP contribution in [0.4, 0.5) is 10.5 Å². The minimum absolute atomic E-state index is 0.0393. The number of carbonyl (C=O) groups excluding carboxylic acids is 2. The Labute approximate surface area is 204 Å². The van der Waals surface area contributed by atoms with Crippen LogP contribution in [-0.4, -0.2) is 35.7 Å². The second-order valence-corrected chi connectivity index (χ2v) is 8.59. The molecule has 1 atom stereocenters. The highest BCUT2D eigenvalue weighted by Crippen LogP contribution is 2.44. The molecular formula is C28H28N2O5. The van der Waals surface area contributed by atoms with Gasteiger partial charge in [-0.1, -0.05) is 67.9 Å². The lowest BCUT2D eigenvalue weighted by molar-refractivity contribution is -0.116. The summed E-state index contributed by atoms with van der Waals surface area (Å²) < 4.78 is 5.61. The first kappa shape index (κ1) is 24.0. The van der Waals surface area contributed by atoms with Crippen molar-refractivity contribution in [2.24, 2.45) is 0 Å². The molecule has 0 saturated heterocycles. The van der Waals surface area contributed by atoms with Crippen molar-refractivity contribution >= 4 is 23.7 Å². The number of carboxylic acid groups (broad SMARTS) is 1. The molecule has 2 amide bonds. The Morgan fingerprint density at radius 3 is 2.23 bits per heavy atom. The van der Waals surface area contributed by atoms with Gasteiger partial charge in [-0.25, -0.2) is 9.59 Å². The molecule has 3 aromatic rings. The zero-order chi connectivity index (χ0) is 24.8. The van der Waals surface area contributed by atoms with Gasteiger partial charge in [-0.2, -0.15) is 0 Å². The van der Waals surface area contributed by atoms with E-state index in [9.17, 15) is 14.4 Å². The van der Waals surface area contributed by atoms with Gasteiger partial charge in [0.1, 0.15) is 6.61 Å². The summed E-state index contributed by atoms with van der Waals surface area (Å²) in [5, 5.41) is 14.6. The second kappa shape index (κ2) is 10.9. The van der Waals surface area contributed by atoms with E-state index in [0.717, 1.165) is 28.7 Å². The molecule has 7 heteroatoms. The van der Waals surface area contributed by atoms with Crippen molar-refractivity contribution in [2.45, 2.75) is 38.1 Å². The lowest BCUT2D eigenvalue weighted by Gasteiger charge is -2.19. The number of carbonyl (C=O) groups is 3. The third kappa shape index (κ3) is 5.69. The topological polar surface area (TPSA) is 105 Å². The average molecular weight is 473 g/mol. The van der Waals surface area contributed by atoms with E-state index in [1.54, 1.807) is 12.1 Å². The predicted molar refractivity (Wildman–Crippen MR) is 134 cm³/mol. The van der Waals surface area contributed by atoms with Crippen LogP contribution < -0.4 is 10.6 Å². The monoisotopic (exact) mass is 472 g/mol. The standard InChI is InChI=1S/C28H28N2O5/c1-2-8-19(16-26(31)29-20-10-7-9-18(15-20)27(32)33)30-28(34)35-17-25-23-13-5-3-11-21(23)22-12-4-6-14-24(22)25/h3-7,9-15,19,25H,2,8,16-17H2,1H3,(H,29,31)(H,30,34)(H,32,33)/t19-/m1/s1. The van der Waals surface area contributed by atoms with Gasteiger partial charge in [-0.05, 0) is 46.9 Å². The zero-order valence-corrected chi connectivity index (χ0v) is 19.5. The first-order valence-corrected chi connectivity index (χ1v) is 11.7. The Hall–Kier alpha value is -4.13. The van der Waals surface area contributed by atoms with Crippen molar-refractivity contribution in [3.8, 4) is 11.1 Å². The molecule has 4 rings (SSSR count). The maximum atomic E-state index is 12.6. The number of nitrogens with one attached hydrogen (secondary N) is 2. The van der Waals surface area contributed by atoms with Gasteiger partial charge in [-0.15, -0.1) is 0 Å². The number of aromatic carboxylic acids is 1. The molecule has 0 radical (unpaired) electrons. The number of amides is 2. The van der Waals surface area contributed by atoms with Gasteiger partial charge in [0.2, 0.25) is 5.91 Å². The van der Waals surface area contributed by atoms with Crippen LogP contribution in [0, 0.1) is 0 Å². The highest BCUT2D eigenvalue weighted by molar-refractivity contribution is 5.94. The average Bonchev–Trinajstić information content (AvgIpc) is 3.16. The molecule has 0 bridgehead atoms. The van der Waals surface area contributed by atoms with Gasteiger partial charge in [0, 0.05) is 24.1 Å². The molecule has 0 heterocycles. The number of carboxylic acids is 1.